The summed E-state index contributed by atoms with van der Waals surface area (Å²) in [6, 6.07) is 0. The molecule has 3 aliphatic carbocycles. The Morgan fingerprint density at radius 2 is 1.92 bits per heavy atom. The fourth-order valence-corrected chi connectivity index (χ4v) is 7.41. The van der Waals surface area contributed by atoms with Crippen LogP contribution in [0.1, 0.15) is 65.4 Å². The second-order valence-electron chi connectivity index (χ2n) is 12.5. The van der Waals surface area contributed by atoms with E-state index in [1.54, 1.807) is 27.8 Å². The summed E-state index contributed by atoms with van der Waals surface area (Å²) < 4.78 is 19.8. The Balaban J connectivity index is 1.73. The van der Waals surface area contributed by atoms with Gasteiger partial charge in [0.25, 0.3) is 0 Å². The molecule has 7 atom stereocenters. The predicted molar refractivity (Wildman–Crippen MR) is 137 cm³/mol. The number of halogens is 1. The average Bonchev–Trinajstić information content (AvgIpc) is 3.21. The van der Waals surface area contributed by atoms with E-state index in [-0.39, 0.29) is 40.4 Å². The Bertz CT molecular complexity index is 1210. The molecule has 9 heteroatoms. The third kappa shape index (κ3) is 3.48. The number of hydrogen-bond acceptors (Lipinski definition) is 7. The molecular formula is C28H37ClN2O6. The molecule has 2 fully saturated rings. The van der Waals surface area contributed by atoms with E-state index < -0.39 is 40.9 Å². The fourth-order valence-electron chi connectivity index (χ4n) is 7.16. The zero-order valence-electron chi connectivity index (χ0n) is 22.8. The van der Waals surface area contributed by atoms with Crippen LogP contribution in [0.3, 0.4) is 0 Å². The number of ether oxygens (including phenoxy) is 3. The van der Waals surface area contributed by atoms with Crippen LogP contribution in [0.2, 0.25) is 5.02 Å². The highest BCUT2D eigenvalue weighted by Crippen LogP contribution is 2.63. The van der Waals surface area contributed by atoms with Crippen LogP contribution >= 0.6 is 11.6 Å². The average molecular weight is 533 g/mol. The van der Waals surface area contributed by atoms with Gasteiger partial charge in [-0.05, 0) is 55.6 Å². The zero-order valence-corrected chi connectivity index (χ0v) is 23.5. The molecule has 1 aromatic heterocycles. The summed E-state index contributed by atoms with van der Waals surface area (Å²) in [6.07, 6.45) is 3.82. The van der Waals surface area contributed by atoms with Gasteiger partial charge in [0.1, 0.15) is 6.10 Å². The Morgan fingerprint density at radius 3 is 2.54 bits per heavy atom. The molecule has 1 saturated heterocycles. The van der Waals surface area contributed by atoms with Gasteiger partial charge in [0.05, 0.1) is 23.2 Å². The molecule has 4 aliphatic rings. The number of fused-ring (bicyclic) bond motifs is 3. The van der Waals surface area contributed by atoms with Crippen molar-refractivity contribution in [2.24, 2.45) is 35.6 Å². The second-order valence-corrected chi connectivity index (χ2v) is 12.9. The lowest BCUT2D eigenvalue weighted by Crippen LogP contribution is -2.68. The van der Waals surface area contributed by atoms with Crippen molar-refractivity contribution < 1.29 is 28.9 Å². The number of nitrogens with zero attached hydrogens (tertiary/aromatic N) is 2. The molecule has 1 aromatic rings. The molecule has 0 aromatic carbocycles. The number of ketones is 1. The predicted octanol–water partition coefficient (Wildman–Crippen LogP) is 4.26. The van der Waals surface area contributed by atoms with Crippen LogP contribution in [0, 0.1) is 28.6 Å². The monoisotopic (exact) mass is 532 g/mol. The Hall–Kier alpha value is -2.00. The molecule has 202 valence electrons. The first-order valence-electron chi connectivity index (χ1n) is 12.9. The largest absolute Gasteiger partial charge is 0.450 e. The summed E-state index contributed by atoms with van der Waals surface area (Å²) in [5, 5.41) is 17.2. The highest BCUT2D eigenvalue weighted by atomic mass is 35.5. The van der Waals surface area contributed by atoms with E-state index in [0.29, 0.717) is 17.6 Å². The van der Waals surface area contributed by atoms with Gasteiger partial charge >= 0.3 is 5.97 Å². The topological polar surface area (TPSA) is 99.9 Å². The lowest BCUT2D eigenvalue weighted by molar-refractivity contribution is -0.302. The van der Waals surface area contributed by atoms with Gasteiger partial charge in [0.2, 0.25) is 0 Å². The van der Waals surface area contributed by atoms with Gasteiger partial charge in [-0.2, -0.15) is 5.10 Å². The molecule has 0 radical (unpaired) electrons. The molecule has 1 N–H and O–H groups in total. The first-order chi connectivity index (χ1) is 17.1. The molecular weight excluding hydrogens is 496 g/mol. The Morgan fingerprint density at radius 1 is 1.24 bits per heavy atom. The maximum absolute atomic E-state index is 14.7. The minimum absolute atomic E-state index is 0.0726. The van der Waals surface area contributed by atoms with Crippen molar-refractivity contribution in [3.63, 3.8) is 0 Å². The maximum Gasteiger partial charge on any atom is 0.358 e. The van der Waals surface area contributed by atoms with Gasteiger partial charge in [0, 0.05) is 13.0 Å². The maximum atomic E-state index is 14.7. The van der Waals surface area contributed by atoms with Crippen LogP contribution in [0.25, 0.3) is 0 Å². The van der Waals surface area contributed by atoms with Crippen molar-refractivity contribution in [2.75, 3.05) is 6.61 Å². The van der Waals surface area contributed by atoms with Crippen LogP contribution in [0.5, 0.6) is 0 Å². The van der Waals surface area contributed by atoms with Gasteiger partial charge < -0.3 is 19.3 Å². The number of Topliss-reactive ketones (excluding diaryl/α,β-unsaturated/α-hetero) is 1. The van der Waals surface area contributed by atoms with Crippen molar-refractivity contribution in [1.29, 1.82) is 0 Å². The summed E-state index contributed by atoms with van der Waals surface area (Å²) in [4.78, 5) is 28.2. The zero-order chi connectivity index (χ0) is 27.3. The Kier molecular flexibility index (Phi) is 5.93. The van der Waals surface area contributed by atoms with Gasteiger partial charge in [-0.1, -0.05) is 51.4 Å². The van der Waals surface area contributed by atoms with Crippen LogP contribution < -0.4 is 0 Å². The highest BCUT2D eigenvalue weighted by molar-refractivity contribution is 6.33. The van der Waals surface area contributed by atoms with Gasteiger partial charge in [-0.25, -0.2) is 4.79 Å². The Labute approximate surface area is 223 Å². The van der Waals surface area contributed by atoms with Crippen LogP contribution in [-0.4, -0.2) is 56.8 Å². The molecule has 8 nitrogen and oxygen atoms in total. The summed E-state index contributed by atoms with van der Waals surface area (Å²) >= 11 is 6.24. The number of carbonyl (C=O) groups excluding carboxylic acids is 2. The number of hydrogen-bond donors (Lipinski definition) is 1. The molecule has 5 rings (SSSR count). The number of allylic oxidation sites excluding steroid dienone is 1. The van der Waals surface area contributed by atoms with Crippen molar-refractivity contribution in [3.8, 4) is 0 Å². The standard InChI is InChI=1S/C28H37ClN2O6/c1-14-11-27-16(3)9-15(2)25(4,5)18(21(27)32)10-17-13-35-26(6,7)37-23(17)28(27,34)22(14)36-24(33)20-19(29)12-30-31(20)8/h10-12,15-16,18,22-23,34H,9,13H2,1-8H3/t15-,16?,18+,22-,23+,27?,28+/m0/s1. The molecule has 1 saturated carbocycles. The molecule has 1 spiro atoms. The molecule has 37 heavy (non-hydrogen) atoms. The molecule has 2 bridgehead atoms. The first kappa shape index (κ1) is 26.6. The third-order valence-corrected chi connectivity index (χ3v) is 9.87. The summed E-state index contributed by atoms with van der Waals surface area (Å²) in [6.45, 7) is 14.0. The number of aryl methyl sites for hydroxylation is 1. The van der Waals surface area contributed by atoms with E-state index in [1.807, 2.05) is 19.1 Å². The second kappa shape index (κ2) is 8.25. The van der Waals surface area contributed by atoms with E-state index >= 15 is 0 Å². The number of rotatable bonds is 2. The lowest BCUT2D eigenvalue weighted by atomic mass is 9.59. The van der Waals surface area contributed by atoms with E-state index in [0.717, 1.165) is 0 Å². The van der Waals surface area contributed by atoms with Gasteiger partial charge in [-0.3, -0.25) is 9.48 Å². The van der Waals surface area contributed by atoms with E-state index in [1.165, 1.54) is 10.9 Å². The quantitative estimate of drug-likeness (QED) is 0.449. The third-order valence-electron chi connectivity index (χ3n) is 9.60. The number of esters is 1. The van der Waals surface area contributed by atoms with Crippen molar-refractivity contribution in [3.05, 3.63) is 40.2 Å². The molecule has 1 aliphatic heterocycles. The minimum atomic E-state index is -1.89. The van der Waals surface area contributed by atoms with E-state index in [2.05, 4.69) is 25.9 Å². The van der Waals surface area contributed by atoms with Crippen molar-refractivity contribution in [2.45, 2.75) is 78.5 Å². The number of aliphatic hydroxyl groups is 1. The van der Waals surface area contributed by atoms with Crippen molar-refractivity contribution >= 4 is 23.4 Å². The molecule has 0 amide bonds. The van der Waals surface area contributed by atoms with Gasteiger partial charge in [0.15, 0.2) is 29.0 Å². The van der Waals surface area contributed by atoms with Gasteiger partial charge in [-0.15, -0.1) is 0 Å². The minimum Gasteiger partial charge on any atom is -0.450 e. The summed E-state index contributed by atoms with van der Waals surface area (Å²) in [5.41, 5.74) is -2.22. The SMILES string of the molecule is CC1=CC23C(=O)[C@@H](C=C4COC(C)(C)O[C@H]4[C@]2(O)[C@H]1OC(=O)c1c(Cl)cnn1C)C(C)(C)[C@@H](C)CC3C. The van der Waals surface area contributed by atoms with E-state index in [9.17, 15) is 14.7 Å². The fraction of sp³-hybridized carbons (Fsp3) is 0.679. The first-order valence-corrected chi connectivity index (χ1v) is 13.3. The van der Waals surface area contributed by atoms with Crippen LogP contribution in [0.15, 0.2) is 29.5 Å². The summed E-state index contributed by atoms with van der Waals surface area (Å²) in [5.74, 6) is -2.34. The normalized spacial score (nSPS) is 40.1. The molecule has 2 unspecified atom stereocenters. The summed E-state index contributed by atoms with van der Waals surface area (Å²) in [7, 11) is 1.59. The van der Waals surface area contributed by atoms with Crippen LogP contribution in [-0.2, 0) is 26.1 Å². The number of aromatic nitrogens is 2. The smallest absolute Gasteiger partial charge is 0.358 e. The van der Waals surface area contributed by atoms with E-state index in [4.69, 9.17) is 25.8 Å². The molecule has 2 heterocycles. The van der Waals surface area contributed by atoms with Crippen molar-refractivity contribution in [1.82, 2.24) is 9.78 Å². The highest BCUT2D eigenvalue weighted by Gasteiger charge is 2.74. The number of carbonyl (C=O) groups is 2. The van der Waals surface area contributed by atoms with Crippen LogP contribution in [0.4, 0.5) is 0 Å². The lowest BCUT2D eigenvalue weighted by Gasteiger charge is -2.52.